The van der Waals surface area contributed by atoms with Crippen LogP contribution in [0.1, 0.15) is 27.1 Å². The standard InChI is InChI=1S/C17H15Cl2N3O3/c18-13-6-4-11(5-7-13)16(24)20-9-8-15(23)21-22-17(25)12-2-1-3-14(19)10-12/h1-7,10H,8-9H2,(H,20,24)(H,21,23)(H,22,25). The minimum Gasteiger partial charge on any atom is -0.352 e. The van der Waals surface area contributed by atoms with Crippen LogP contribution in [0.25, 0.3) is 0 Å². The van der Waals surface area contributed by atoms with E-state index in [-0.39, 0.29) is 18.9 Å². The van der Waals surface area contributed by atoms with Gasteiger partial charge in [-0.05, 0) is 42.5 Å². The zero-order valence-electron chi connectivity index (χ0n) is 13.0. The van der Waals surface area contributed by atoms with Crippen LogP contribution in [0.4, 0.5) is 0 Å². The lowest BCUT2D eigenvalue weighted by atomic mass is 10.2. The Labute approximate surface area is 154 Å². The second kappa shape index (κ2) is 9.05. The molecule has 0 aromatic heterocycles. The Bertz CT molecular complexity index is 779. The predicted octanol–water partition coefficient (Wildman–Crippen LogP) is 2.57. The highest BCUT2D eigenvalue weighted by Crippen LogP contribution is 2.10. The molecule has 0 saturated heterocycles. The lowest BCUT2D eigenvalue weighted by Crippen LogP contribution is -2.42. The smallest absolute Gasteiger partial charge is 0.269 e. The van der Waals surface area contributed by atoms with E-state index in [0.717, 1.165) is 0 Å². The van der Waals surface area contributed by atoms with Gasteiger partial charge in [-0.1, -0.05) is 29.3 Å². The first-order valence-corrected chi connectivity index (χ1v) is 8.10. The van der Waals surface area contributed by atoms with Crippen LogP contribution in [0, 0.1) is 0 Å². The third-order valence-electron chi connectivity index (χ3n) is 3.15. The summed E-state index contributed by atoms with van der Waals surface area (Å²) in [7, 11) is 0. The molecule has 0 aliphatic heterocycles. The van der Waals surface area contributed by atoms with Gasteiger partial charge in [0.2, 0.25) is 5.91 Å². The Morgan fingerprint density at radius 2 is 1.52 bits per heavy atom. The van der Waals surface area contributed by atoms with Crippen LogP contribution in [0.5, 0.6) is 0 Å². The summed E-state index contributed by atoms with van der Waals surface area (Å²) in [6.45, 7) is 0.125. The summed E-state index contributed by atoms with van der Waals surface area (Å²) in [5.41, 5.74) is 5.32. The number of nitrogens with one attached hydrogen (secondary N) is 3. The molecule has 2 aromatic rings. The molecule has 0 atom stereocenters. The van der Waals surface area contributed by atoms with Crippen molar-refractivity contribution in [3.8, 4) is 0 Å². The van der Waals surface area contributed by atoms with Crippen molar-refractivity contribution in [3.63, 3.8) is 0 Å². The van der Waals surface area contributed by atoms with Gasteiger partial charge in [-0.25, -0.2) is 0 Å². The van der Waals surface area contributed by atoms with Gasteiger partial charge < -0.3 is 5.32 Å². The Balaban J connectivity index is 1.71. The van der Waals surface area contributed by atoms with E-state index in [2.05, 4.69) is 16.2 Å². The number of amides is 3. The summed E-state index contributed by atoms with van der Waals surface area (Å²) >= 11 is 11.5. The molecule has 0 aliphatic carbocycles. The van der Waals surface area contributed by atoms with Crippen molar-refractivity contribution in [2.75, 3.05) is 6.54 Å². The highest BCUT2D eigenvalue weighted by molar-refractivity contribution is 6.31. The second-order valence-electron chi connectivity index (χ2n) is 5.03. The van der Waals surface area contributed by atoms with Crippen molar-refractivity contribution in [2.24, 2.45) is 0 Å². The first kappa shape index (κ1) is 18.8. The summed E-state index contributed by atoms with van der Waals surface area (Å²) in [4.78, 5) is 35.4. The average Bonchev–Trinajstić information content (AvgIpc) is 2.60. The van der Waals surface area contributed by atoms with Crippen LogP contribution in [0.3, 0.4) is 0 Å². The number of carbonyl (C=O) groups excluding carboxylic acids is 3. The lowest BCUT2D eigenvalue weighted by molar-refractivity contribution is -0.121. The molecule has 3 N–H and O–H groups in total. The fourth-order valence-corrected chi connectivity index (χ4v) is 2.20. The van der Waals surface area contributed by atoms with Crippen molar-refractivity contribution >= 4 is 40.9 Å². The van der Waals surface area contributed by atoms with Crippen molar-refractivity contribution < 1.29 is 14.4 Å². The number of hydrazine groups is 1. The number of rotatable bonds is 5. The molecule has 2 aromatic carbocycles. The van der Waals surface area contributed by atoms with Gasteiger partial charge >= 0.3 is 0 Å². The fourth-order valence-electron chi connectivity index (χ4n) is 1.88. The van der Waals surface area contributed by atoms with E-state index in [1.54, 1.807) is 42.5 Å². The fraction of sp³-hybridized carbons (Fsp3) is 0.118. The van der Waals surface area contributed by atoms with Gasteiger partial charge in [0.25, 0.3) is 11.8 Å². The molecule has 8 heteroatoms. The molecule has 0 saturated carbocycles. The Morgan fingerprint density at radius 3 is 2.20 bits per heavy atom. The van der Waals surface area contributed by atoms with Crippen LogP contribution >= 0.6 is 23.2 Å². The van der Waals surface area contributed by atoms with Crippen LogP contribution < -0.4 is 16.2 Å². The molecule has 2 rings (SSSR count). The number of halogens is 2. The summed E-state index contributed by atoms with van der Waals surface area (Å²) in [5, 5.41) is 3.56. The van der Waals surface area contributed by atoms with Crippen molar-refractivity contribution in [3.05, 3.63) is 69.7 Å². The zero-order chi connectivity index (χ0) is 18.2. The van der Waals surface area contributed by atoms with Crippen LogP contribution in [0.2, 0.25) is 10.0 Å². The molecule has 0 bridgehead atoms. The monoisotopic (exact) mass is 379 g/mol. The summed E-state index contributed by atoms with van der Waals surface area (Å²) in [6.07, 6.45) is 0.00908. The summed E-state index contributed by atoms with van der Waals surface area (Å²) in [6, 6.07) is 12.7. The topological polar surface area (TPSA) is 87.3 Å². The van der Waals surface area contributed by atoms with Crippen LogP contribution in [0.15, 0.2) is 48.5 Å². The second-order valence-corrected chi connectivity index (χ2v) is 5.90. The molecular formula is C17H15Cl2N3O3. The van der Waals surface area contributed by atoms with Crippen molar-refractivity contribution in [2.45, 2.75) is 6.42 Å². The first-order valence-electron chi connectivity index (χ1n) is 7.34. The molecule has 3 amide bonds. The maximum atomic E-state index is 11.9. The van der Waals surface area contributed by atoms with Gasteiger partial charge in [-0.15, -0.1) is 0 Å². The average molecular weight is 380 g/mol. The molecule has 0 heterocycles. The number of carbonyl (C=O) groups is 3. The summed E-state index contributed by atoms with van der Waals surface area (Å²) in [5.74, 6) is -1.24. The van der Waals surface area contributed by atoms with E-state index in [4.69, 9.17) is 23.2 Å². The zero-order valence-corrected chi connectivity index (χ0v) is 14.5. The molecule has 0 aliphatic rings. The number of hydrogen-bond acceptors (Lipinski definition) is 3. The van der Waals surface area contributed by atoms with Crippen LogP contribution in [-0.2, 0) is 4.79 Å². The predicted molar refractivity (Wildman–Crippen MR) is 95.5 cm³/mol. The van der Waals surface area contributed by atoms with E-state index in [1.165, 1.54) is 6.07 Å². The highest BCUT2D eigenvalue weighted by Gasteiger charge is 2.09. The maximum Gasteiger partial charge on any atom is 0.269 e. The van der Waals surface area contributed by atoms with Gasteiger partial charge in [-0.3, -0.25) is 25.2 Å². The Morgan fingerprint density at radius 1 is 0.800 bits per heavy atom. The lowest BCUT2D eigenvalue weighted by Gasteiger charge is -2.08. The normalized spacial score (nSPS) is 10.0. The number of hydrogen-bond donors (Lipinski definition) is 3. The quantitative estimate of drug-likeness (QED) is 0.697. The van der Waals surface area contributed by atoms with E-state index in [1.807, 2.05) is 0 Å². The minimum atomic E-state index is -0.485. The van der Waals surface area contributed by atoms with Gasteiger partial charge in [0.15, 0.2) is 0 Å². The van der Waals surface area contributed by atoms with Crippen molar-refractivity contribution in [1.29, 1.82) is 0 Å². The van der Waals surface area contributed by atoms with Gasteiger partial charge in [0.1, 0.15) is 0 Å². The molecule has 0 fully saturated rings. The van der Waals surface area contributed by atoms with E-state index in [0.29, 0.717) is 21.2 Å². The molecule has 0 radical (unpaired) electrons. The third kappa shape index (κ3) is 6.10. The molecule has 0 spiro atoms. The maximum absolute atomic E-state index is 11.9. The minimum absolute atomic E-state index is 0.00908. The molecule has 0 unspecified atom stereocenters. The van der Waals surface area contributed by atoms with Crippen LogP contribution in [-0.4, -0.2) is 24.3 Å². The molecule has 130 valence electrons. The molecular weight excluding hydrogens is 365 g/mol. The Kier molecular flexibility index (Phi) is 6.80. The van der Waals surface area contributed by atoms with Crippen molar-refractivity contribution in [1.82, 2.24) is 16.2 Å². The van der Waals surface area contributed by atoms with Gasteiger partial charge in [0.05, 0.1) is 0 Å². The first-order chi connectivity index (χ1) is 12.0. The largest absolute Gasteiger partial charge is 0.352 e. The number of benzene rings is 2. The third-order valence-corrected chi connectivity index (χ3v) is 3.63. The Hall–Kier alpha value is -2.57. The molecule has 6 nitrogen and oxygen atoms in total. The summed E-state index contributed by atoms with van der Waals surface area (Å²) < 4.78 is 0. The van der Waals surface area contributed by atoms with E-state index < -0.39 is 11.8 Å². The van der Waals surface area contributed by atoms with E-state index in [9.17, 15) is 14.4 Å². The highest BCUT2D eigenvalue weighted by atomic mass is 35.5. The van der Waals surface area contributed by atoms with E-state index >= 15 is 0 Å². The molecule has 25 heavy (non-hydrogen) atoms. The van der Waals surface area contributed by atoms with Gasteiger partial charge in [0, 0.05) is 34.1 Å². The van der Waals surface area contributed by atoms with Gasteiger partial charge in [-0.2, -0.15) is 0 Å². The SMILES string of the molecule is O=C(CCNC(=O)c1ccc(Cl)cc1)NNC(=O)c1cccc(Cl)c1.